The predicted molar refractivity (Wildman–Crippen MR) is 91.3 cm³/mol. The first-order chi connectivity index (χ1) is 11.1. The average Bonchev–Trinajstić information content (AvgIpc) is 3.00. The summed E-state index contributed by atoms with van der Waals surface area (Å²) in [5.41, 5.74) is 1.83. The van der Waals surface area contributed by atoms with Gasteiger partial charge in [-0.15, -0.1) is 11.3 Å². The number of aromatic nitrogens is 1. The van der Waals surface area contributed by atoms with Gasteiger partial charge in [-0.1, -0.05) is 30.3 Å². The number of amides is 1. The molecule has 4 nitrogen and oxygen atoms in total. The van der Waals surface area contributed by atoms with Crippen molar-refractivity contribution in [3.05, 3.63) is 52.0 Å². The molecule has 0 saturated carbocycles. The van der Waals surface area contributed by atoms with Gasteiger partial charge < -0.3 is 10.0 Å². The normalized spacial score (nSPS) is 17.2. The number of piperidine rings is 1. The Morgan fingerprint density at radius 3 is 2.65 bits per heavy atom. The van der Waals surface area contributed by atoms with Crippen LogP contribution in [0.1, 0.15) is 35.2 Å². The van der Waals surface area contributed by atoms with Crippen LogP contribution in [0.3, 0.4) is 0 Å². The lowest BCUT2D eigenvalue weighted by Gasteiger charge is -2.34. The maximum atomic E-state index is 12.4. The molecule has 3 rings (SSSR count). The summed E-state index contributed by atoms with van der Waals surface area (Å²) in [5.74, 6) is 0.367. The number of aliphatic hydroxyl groups excluding tert-OH is 1. The number of nitrogens with zero attached hydrogens (tertiary/aromatic N) is 2. The van der Waals surface area contributed by atoms with Crippen molar-refractivity contribution in [1.29, 1.82) is 0 Å². The quantitative estimate of drug-likeness (QED) is 0.938. The van der Waals surface area contributed by atoms with Gasteiger partial charge in [-0.25, -0.2) is 4.98 Å². The van der Waals surface area contributed by atoms with Gasteiger partial charge in [0, 0.05) is 18.5 Å². The first kappa shape index (κ1) is 16.1. The minimum Gasteiger partial charge on any atom is -0.388 e. The fourth-order valence-corrected chi connectivity index (χ4v) is 3.76. The molecule has 1 aromatic heterocycles. The molecule has 122 valence electrons. The van der Waals surface area contributed by atoms with Gasteiger partial charge in [-0.3, -0.25) is 4.79 Å². The number of rotatable bonds is 4. The first-order valence-electron chi connectivity index (χ1n) is 8.05. The second-order valence-corrected chi connectivity index (χ2v) is 7.17. The molecule has 1 saturated heterocycles. The number of hydrogen-bond donors (Lipinski definition) is 1. The third kappa shape index (κ3) is 3.98. The molecule has 0 radical (unpaired) electrons. The van der Waals surface area contributed by atoms with E-state index in [0.29, 0.717) is 6.42 Å². The molecular weight excluding hydrogens is 308 g/mol. The Morgan fingerprint density at radius 1 is 1.35 bits per heavy atom. The lowest BCUT2D eigenvalue weighted by molar-refractivity contribution is -0.132. The lowest BCUT2D eigenvalue weighted by atomic mass is 9.87. The smallest absolute Gasteiger partial charge is 0.228 e. The molecule has 0 spiro atoms. The summed E-state index contributed by atoms with van der Waals surface area (Å²) in [6.45, 7) is 3.39. The second kappa shape index (κ2) is 7.23. The Kier molecular flexibility index (Phi) is 5.08. The van der Waals surface area contributed by atoms with Crippen molar-refractivity contribution in [2.24, 2.45) is 5.92 Å². The number of benzene rings is 1. The molecule has 5 heteroatoms. The lowest BCUT2D eigenvalue weighted by Crippen LogP contribution is -2.40. The van der Waals surface area contributed by atoms with Crippen molar-refractivity contribution in [3.63, 3.8) is 0 Å². The molecule has 1 fully saturated rings. The Hall–Kier alpha value is -1.72. The summed E-state index contributed by atoms with van der Waals surface area (Å²) in [6.07, 6.45) is 1.64. The zero-order chi connectivity index (χ0) is 16.2. The molecule has 2 aromatic rings. The Bertz CT molecular complexity index is 648. The van der Waals surface area contributed by atoms with E-state index in [-0.39, 0.29) is 11.8 Å². The van der Waals surface area contributed by atoms with Crippen molar-refractivity contribution >= 4 is 17.2 Å². The van der Waals surface area contributed by atoms with E-state index >= 15 is 0 Å². The molecule has 0 bridgehead atoms. The molecule has 1 aromatic carbocycles. The zero-order valence-electron chi connectivity index (χ0n) is 13.3. The summed E-state index contributed by atoms with van der Waals surface area (Å²) in [4.78, 5) is 18.6. The zero-order valence-corrected chi connectivity index (χ0v) is 14.1. The number of aryl methyl sites for hydroxylation is 1. The third-order valence-corrected chi connectivity index (χ3v) is 5.30. The monoisotopic (exact) mass is 330 g/mol. The summed E-state index contributed by atoms with van der Waals surface area (Å²) >= 11 is 1.58. The SMILES string of the molecule is Cc1nc(CC(=O)N2CCC([C@@H](O)c3ccccc3)CC2)cs1. The van der Waals surface area contributed by atoms with Crippen molar-refractivity contribution < 1.29 is 9.90 Å². The van der Waals surface area contributed by atoms with Gasteiger partial charge in [0.15, 0.2) is 0 Å². The van der Waals surface area contributed by atoms with E-state index in [9.17, 15) is 9.90 Å². The molecule has 1 N–H and O–H groups in total. The van der Waals surface area contributed by atoms with Crippen molar-refractivity contribution in [2.75, 3.05) is 13.1 Å². The molecule has 2 heterocycles. The molecule has 1 atom stereocenters. The van der Waals surface area contributed by atoms with Gasteiger partial charge in [-0.05, 0) is 31.2 Å². The van der Waals surface area contributed by atoms with E-state index in [0.717, 1.165) is 42.2 Å². The highest BCUT2D eigenvalue weighted by atomic mass is 32.1. The highest BCUT2D eigenvalue weighted by Crippen LogP contribution is 2.30. The molecule has 0 aliphatic carbocycles. The molecule has 0 unspecified atom stereocenters. The summed E-state index contributed by atoms with van der Waals surface area (Å²) in [6, 6.07) is 9.79. The van der Waals surface area contributed by atoms with Crippen molar-refractivity contribution in [1.82, 2.24) is 9.88 Å². The van der Waals surface area contributed by atoms with Gasteiger partial charge in [0.1, 0.15) is 0 Å². The Balaban J connectivity index is 1.53. The molecule has 1 amide bonds. The predicted octanol–water partition coefficient (Wildman–Crippen LogP) is 2.97. The molecular formula is C18H22N2O2S. The number of thiazole rings is 1. The number of aliphatic hydroxyl groups is 1. The summed E-state index contributed by atoms with van der Waals surface area (Å²) < 4.78 is 0. The van der Waals surface area contributed by atoms with Crippen LogP contribution in [-0.2, 0) is 11.2 Å². The summed E-state index contributed by atoms with van der Waals surface area (Å²) in [7, 11) is 0. The first-order valence-corrected chi connectivity index (χ1v) is 8.93. The largest absolute Gasteiger partial charge is 0.388 e. The standard InChI is InChI=1S/C18H22N2O2S/c1-13-19-16(12-23-13)11-17(21)20-9-7-15(8-10-20)18(22)14-5-3-2-4-6-14/h2-6,12,15,18,22H,7-11H2,1H3/t18-/m0/s1. The minimum absolute atomic E-state index is 0.142. The molecule has 23 heavy (non-hydrogen) atoms. The van der Waals surface area contributed by atoms with E-state index in [2.05, 4.69) is 4.98 Å². The fraction of sp³-hybridized carbons (Fsp3) is 0.444. The maximum Gasteiger partial charge on any atom is 0.228 e. The highest BCUT2D eigenvalue weighted by Gasteiger charge is 2.28. The van der Waals surface area contributed by atoms with E-state index < -0.39 is 6.10 Å². The van der Waals surface area contributed by atoms with Gasteiger partial charge >= 0.3 is 0 Å². The maximum absolute atomic E-state index is 12.4. The van der Waals surface area contributed by atoms with Gasteiger partial charge in [0.25, 0.3) is 0 Å². The third-order valence-electron chi connectivity index (χ3n) is 4.48. The van der Waals surface area contributed by atoms with Crippen LogP contribution >= 0.6 is 11.3 Å². The van der Waals surface area contributed by atoms with E-state index in [4.69, 9.17) is 0 Å². The van der Waals surface area contributed by atoms with Gasteiger partial charge in [0.05, 0.1) is 23.2 Å². The van der Waals surface area contributed by atoms with Crippen LogP contribution in [0.5, 0.6) is 0 Å². The molecule has 1 aliphatic heterocycles. The van der Waals surface area contributed by atoms with Crippen LogP contribution in [-0.4, -0.2) is 34.0 Å². The number of carbonyl (C=O) groups excluding carboxylic acids is 1. The average molecular weight is 330 g/mol. The fourth-order valence-electron chi connectivity index (χ4n) is 3.14. The molecule has 1 aliphatic rings. The van der Waals surface area contributed by atoms with Crippen molar-refractivity contribution in [3.8, 4) is 0 Å². The highest BCUT2D eigenvalue weighted by molar-refractivity contribution is 7.09. The van der Waals surface area contributed by atoms with Crippen LogP contribution < -0.4 is 0 Å². The Morgan fingerprint density at radius 2 is 2.04 bits per heavy atom. The van der Waals surface area contributed by atoms with Gasteiger partial charge in [-0.2, -0.15) is 0 Å². The van der Waals surface area contributed by atoms with E-state index in [1.54, 1.807) is 11.3 Å². The number of likely N-dealkylation sites (tertiary alicyclic amines) is 1. The number of carbonyl (C=O) groups is 1. The van der Waals surface area contributed by atoms with E-state index in [1.165, 1.54) is 0 Å². The van der Waals surface area contributed by atoms with Crippen LogP contribution in [0.25, 0.3) is 0 Å². The second-order valence-electron chi connectivity index (χ2n) is 6.11. The van der Waals surface area contributed by atoms with Crippen molar-refractivity contribution in [2.45, 2.75) is 32.3 Å². The Labute approximate surface area is 140 Å². The minimum atomic E-state index is -0.436. The number of hydrogen-bond acceptors (Lipinski definition) is 4. The topological polar surface area (TPSA) is 53.4 Å². The van der Waals surface area contributed by atoms with Gasteiger partial charge in [0.2, 0.25) is 5.91 Å². The van der Waals surface area contributed by atoms with Crippen LogP contribution in [0.4, 0.5) is 0 Å². The van der Waals surface area contributed by atoms with E-state index in [1.807, 2.05) is 47.5 Å². The summed E-state index contributed by atoms with van der Waals surface area (Å²) in [5, 5.41) is 13.5. The van der Waals surface area contributed by atoms with Crippen LogP contribution in [0.2, 0.25) is 0 Å². The van der Waals surface area contributed by atoms with Crippen LogP contribution in [0.15, 0.2) is 35.7 Å². The van der Waals surface area contributed by atoms with Crippen LogP contribution in [0, 0.1) is 12.8 Å².